The van der Waals surface area contributed by atoms with Crippen LogP contribution in [0.1, 0.15) is 17.3 Å². The van der Waals surface area contributed by atoms with Gasteiger partial charge in [0, 0.05) is 6.20 Å². The van der Waals surface area contributed by atoms with E-state index in [-0.39, 0.29) is 0 Å². The Morgan fingerprint density at radius 2 is 2.07 bits per heavy atom. The van der Waals surface area contributed by atoms with Gasteiger partial charge in [0.15, 0.2) is 11.5 Å². The lowest BCUT2D eigenvalue weighted by atomic mass is 10.1. The van der Waals surface area contributed by atoms with Crippen LogP contribution < -0.4 is 5.73 Å². The van der Waals surface area contributed by atoms with Crippen molar-refractivity contribution >= 4 is 0 Å². The van der Waals surface area contributed by atoms with Crippen molar-refractivity contribution in [3.05, 3.63) is 29.3 Å². The Balaban J connectivity index is 3.09. The van der Waals surface area contributed by atoms with Gasteiger partial charge in [-0.15, -0.1) is 0 Å². The van der Waals surface area contributed by atoms with Crippen LogP contribution in [-0.2, 0) is 0 Å². The van der Waals surface area contributed by atoms with Gasteiger partial charge in [-0.05, 0) is 11.6 Å². The number of alkyl halides is 3. The maximum Gasteiger partial charge on any atom is 0.407 e. The van der Waals surface area contributed by atoms with Crippen molar-refractivity contribution in [1.29, 1.82) is 5.26 Å². The molecule has 7 heteroatoms. The second-order valence-electron chi connectivity index (χ2n) is 2.73. The third-order valence-corrected chi connectivity index (χ3v) is 1.68. The van der Waals surface area contributed by atoms with Gasteiger partial charge in [-0.1, -0.05) is 0 Å². The van der Waals surface area contributed by atoms with Gasteiger partial charge in [0.2, 0.25) is 0 Å². The molecule has 1 atom stereocenters. The Bertz CT molecular complexity index is 407. The Hall–Kier alpha value is -1.68. The maximum absolute atomic E-state index is 12.9. The van der Waals surface area contributed by atoms with Gasteiger partial charge in [-0.2, -0.15) is 18.4 Å². The zero-order valence-corrected chi connectivity index (χ0v) is 7.22. The first-order chi connectivity index (χ1) is 6.86. The van der Waals surface area contributed by atoms with Crippen molar-refractivity contribution in [2.75, 3.05) is 0 Å². The summed E-state index contributed by atoms with van der Waals surface area (Å²) >= 11 is 0. The first kappa shape index (κ1) is 11.4. The predicted octanol–water partition coefficient (Wildman–Crippen LogP) is 1.65. The highest BCUT2D eigenvalue weighted by molar-refractivity contribution is 5.27. The van der Waals surface area contributed by atoms with E-state index in [1.54, 1.807) is 0 Å². The van der Waals surface area contributed by atoms with E-state index in [2.05, 4.69) is 4.98 Å². The molecule has 0 aliphatic rings. The highest BCUT2D eigenvalue weighted by atomic mass is 19.4. The third-order valence-electron chi connectivity index (χ3n) is 1.68. The summed E-state index contributed by atoms with van der Waals surface area (Å²) in [6, 6.07) is -0.348. The summed E-state index contributed by atoms with van der Waals surface area (Å²) in [4.78, 5) is 3.22. The lowest BCUT2D eigenvalue weighted by Crippen LogP contribution is -2.28. The van der Waals surface area contributed by atoms with Gasteiger partial charge in [0.25, 0.3) is 0 Å². The first-order valence-corrected chi connectivity index (χ1v) is 3.74. The van der Waals surface area contributed by atoms with Gasteiger partial charge in [0.05, 0.1) is 0 Å². The smallest absolute Gasteiger partial charge is 0.316 e. The fourth-order valence-electron chi connectivity index (χ4n) is 0.894. The van der Waals surface area contributed by atoms with E-state index >= 15 is 0 Å². The molecule has 1 aromatic heterocycles. The number of nitriles is 1. The number of nitrogens with zero attached hydrogens (tertiary/aromatic N) is 2. The lowest BCUT2D eigenvalue weighted by molar-refractivity contribution is -0.149. The fraction of sp³-hybridized carbons (Fsp3) is 0.250. The van der Waals surface area contributed by atoms with Crippen LogP contribution in [0.3, 0.4) is 0 Å². The number of hydrogen-bond donors (Lipinski definition) is 1. The van der Waals surface area contributed by atoms with E-state index in [4.69, 9.17) is 11.0 Å². The second kappa shape index (κ2) is 3.82. The van der Waals surface area contributed by atoms with Gasteiger partial charge in [-0.3, -0.25) is 0 Å². The summed E-state index contributed by atoms with van der Waals surface area (Å²) < 4.78 is 49.2. The molecule has 0 aliphatic carbocycles. The number of halogens is 4. The van der Waals surface area contributed by atoms with Gasteiger partial charge in [-0.25, -0.2) is 9.37 Å². The van der Waals surface area contributed by atoms with Crippen LogP contribution in [0.5, 0.6) is 0 Å². The minimum absolute atomic E-state index is 0.515. The van der Waals surface area contributed by atoms with Crippen LogP contribution in [0.2, 0.25) is 0 Å². The molecule has 0 saturated carbocycles. The van der Waals surface area contributed by atoms with Crippen molar-refractivity contribution in [2.24, 2.45) is 5.73 Å². The van der Waals surface area contributed by atoms with Gasteiger partial charge < -0.3 is 5.73 Å². The molecule has 1 rings (SSSR count). The molecule has 15 heavy (non-hydrogen) atoms. The summed E-state index contributed by atoms with van der Waals surface area (Å²) in [5.74, 6) is -1.12. The average molecular weight is 219 g/mol. The van der Waals surface area contributed by atoms with Crippen LogP contribution in [0.4, 0.5) is 17.6 Å². The summed E-state index contributed by atoms with van der Waals surface area (Å²) in [5.41, 5.74) is 3.74. The molecule has 0 fully saturated rings. The molecule has 0 aliphatic heterocycles. The minimum atomic E-state index is -4.66. The number of nitrogens with two attached hydrogens (primary N) is 1. The molecule has 80 valence electrons. The second-order valence-corrected chi connectivity index (χ2v) is 2.73. The Labute approximate surface area is 82.1 Å². The molecule has 0 radical (unpaired) electrons. The summed E-state index contributed by atoms with van der Waals surface area (Å²) in [6.45, 7) is 0. The van der Waals surface area contributed by atoms with E-state index in [0.717, 1.165) is 6.20 Å². The molecule has 0 bridgehead atoms. The summed E-state index contributed by atoms with van der Waals surface area (Å²) in [6.07, 6.45) is -3.93. The number of pyridine rings is 1. The largest absolute Gasteiger partial charge is 0.407 e. The van der Waals surface area contributed by atoms with Crippen molar-refractivity contribution in [1.82, 2.24) is 4.98 Å². The number of aromatic nitrogens is 1. The van der Waals surface area contributed by atoms with Crippen molar-refractivity contribution < 1.29 is 17.6 Å². The molecule has 0 saturated heterocycles. The lowest BCUT2D eigenvalue weighted by Gasteiger charge is -2.15. The minimum Gasteiger partial charge on any atom is -0.316 e. The standard InChI is InChI=1S/C8H5F4N3/c9-5-1-4(3-15-6(5)2-13)7(14)8(10,11)12/h1,3,7H,14H2/t7-/m1/s1. The van der Waals surface area contributed by atoms with E-state index < -0.39 is 29.3 Å². The highest BCUT2D eigenvalue weighted by Crippen LogP contribution is 2.30. The van der Waals surface area contributed by atoms with E-state index in [1.165, 1.54) is 6.07 Å². The fourth-order valence-corrected chi connectivity index (χ4v) is 0.894. The molecule has 0 aromatic carbocycles. The molecule has 1 heterocycles. The van der Waals surface area contributed by atoms with Crippen molar-refractivity contribution in [2.45, 2.75) is 12.2 Å². The van der Waals surface area contributed by atoms with E-state index in [9.17, 15) is 17.6 Å². The zero-order chi connectivity index (χ0) is 11.6. The number of rotatable bonds is 1. The molecule has 2 N–H and O–H groups in total. The monoisotopic (exact) mass is 219 g/mol. The topological polar surface area (TPSA) is 62.7 Å². The normalized spacial score (nSPS) is 13.3. The summed E-state index contributed by atoms with van der Waals surface area (Å²) in [7, 11) is 0. The quantitative estimate of drug-likeness (QED) is 0.730. The Kier molecular flexibility index (Phi) is 2.90. The number of hydrogen-bond acceptors (Lipinski definition) is 3. The molecule has 0 unspecified atom stereocenters. The van der Waals surface area contributed by atoms with E-state index in [0.29, 0.717) is 6.07 Å². The molecule has 1 aromatic rings. The average Bonchev–Trinajstić information content (AvgIpc) is 2.15. The highest BCUT2D eigenvalue weighted by Gasteiger charge is 2.38. The molecule has 0 amide bonds. The van der Waals surface area contributed by atoms with Crippen LogP contribution in [0, 0.1) is 17.1 Å². The molecule has 0 spiro atoms. The zero-order valence-electron chi connectivity index (χ0n) is 7.22. The van der Waals surface area contributed by atoms with Crippen LogP contribution >= 0.6 is 0 Å². The van der Waals surface area contributed by atoms with Crippen LogP contribution in [-0.4, -0.2) is 11.2 Å². The van der Waals surface area contributed by atoms with Crippen molar-refractivity contribution in [3.8, 4) is 6.07 Å². The predicted molar refractivity (Wildman–Crippen MR) is 41.9 cm³/mol. The Morgan fingerprint density at radius 3 is 2.47 bits per heavy atom. The molecular formula is C8H5F4N3. The van der Waals surface area contributed by atoms with Crippen LogP contribution in [0.25, 0.3) is 0 Å². The Morgan fingerprint density at radius 1 is 1.47 bits per heavy atom. The molecule has 3 nitrogen and oxygen atoms in total. The first-order valence-electron chi connectivity index (χ1n) is 3.74. The van der Waals surface area contributed by atoms with Crippen molar-refractivity contribution in [3.63, 3.8) is 0 Å². The maximum atomic E-state index is 12.9. The molecular weight excluding hydrogens is 214 g/mol. The summed E-state index contributed by atoms with van der Waals surface area (Å²) in [5, 5.41) is 8.30. The SMILES string of the molecule is N#Cc1ncc([C@@H](N)C(F)(F)F)cc1F. The van der Waals surface area contributed by atoms with E-state index in [1.807, 2.05) is 0 Å². The van der Waals surface area contributed by atoms with Crippen LogP contribution in [0.15, 0.2) is 12.3 Å². The third kappa shape index (κ3) is 2.41. The van der Waals surface area contributed by atoms with Gasteiger partial charge in [0.1, 0.15) is 12.1 Å². The van der Waals surface area contributed by atoms with Gasteiger partial charge >= 0.3 is 6.18 Å².